The zero-order valence-corrected chi connectivity index (χ0v) is 14.9. The van der Waals surface area contributed by atoms with Crippen LogP contribution in [0.15, 0.2) is 10.5 Å². The molecule has 11 heteroatoms. The van der Waals surface area contributed by atoms with Crippen LogP contribution in [0.4, 0.5) is 24.7 Å². The van der Waals surface area contributed by atoms with E-state index in [0.29, 0.717) is 25.9 Å². The van der Waals surface area contributed by atoms with E-state index in [1.165, 1.54) is 6.07 Å². The van der Waals surface area contributed by atoms with Crippen LogP contribution < -0.4 is 16.4 Å². The molecule has 0 aromatic carbocycles. The van der Waals surface area contributed by atoms with Crippen molar-refractivity contribution in [1.82, 2.24) is 9.97 Å². The zero-order valence-electron chi connectivity index (χ0n) is 13.3. The van der Waals surface area contributed by atoms with E-state index in [9.17, 15) is 23.1 Å². The van der Waals surface area contributed by atoms with Gasteiger partial charge in [-0.25, -0.2) is 9.97 Å². The van der Waals surface area contributed by atoms with Crippen LogP contribution in [0.1, 0.15) is 28.9 Å². The maximum Gasteiger partial charge on any atom is 0.434 e. The number of nitrogens with zero attached hydrogens (tertiary/aromatic N) is 3. The fourth-order valence-electron chi connectivity index (χ4n) is 2.95. The number of halogens is 4. The van der Waals surface area contributed by atoms with Crippen LogP contribution in [0.3, 0.4) is 0 Å². The first-order valence-corrected chi connectivity index (χ1v) is 8.48. The summed E-state index contributed by atoms with van der Waals surface area (Å²) in [5.41, 5.74) is 9.65. The normalized spacial score (nSPS) is 16.3. The molecule has 26 heavy (non-hydrogen) atoms. The Morgan fingerprint density at radius 3 is 2.46 bits per heavy atom. The molecule has 7 nitrogen and oxygen atoms in total. The highest BCUT2D eigenvalue weighted by Crippen LogP contribution is 2.43. The lowest BCUT2D eigenvalue weighted by atomic mass is 10.0. The fourth-order valence-corrected chi connectivity index (χ4v) is 3.72. The summed E-state index contributed by atoms with van der Waals surface area (Å²) in [5.74, 6) is -1.12. The third kappa shape index (κ3) is 3.28. The summed E-state index contributed by atoms with van der Waals surface area (Å²) in [6.45, 7) is 0.679. The Morgan fingerprint density at radius 2 is 1.92 bits per heavy atom. The number of nitrogen functional groups attached to an aromatic ring is 1. The number of pyridine rings is 2. The van der Waals surface area contributed by atoms with Crippen LogP contribution in [-0.2, 0) is 6.18 Å². The predicted molar refractivity (Wildman–Crippen MR) is 92.6 cm³/mol. The third-order valence-corrected chi connectivity index (χ3v) is 4.99. The number of primary amides is 1. The van der Waals surface area contributed by atoms with Crippen molar-refractivity contribution in [3.05, 3.63) is 21.8 Å². The van der Waals surface area contributed by atoms with Gasteiger partial charge in [-0.1, -0.05) is 0 Å². The minimum Gasteiger partial charge on any atom is -0.393 e. The number of hydrogen-bond acceptors (Lipinski definition) is 6. The Kier molecular flexibility index (Phi) is 4.69. The van der Waals surface area contributed by atoms with Crippen molar-refractivity contribution in [2.45, 2.75) is 25.1 Å². The molecular formula is C15H15BrF3N5O2. The summed E-state index contributed by atoms with van der Waals surface area (Å²) < 4.78 is 40.0. The number of fused-ring (bicyclic) bond motifs is 1. The van der Waals surface area contributed by atoms with Crippen LogP contribution in [-0.4, -0.2) is 40.2 Å². The first-order valence-electron chi connectivity index (χ1n) is 7.69. The van der Waals surface area contributed by atoms with Gasteiger partial charge < -0.3 is 21.5 Å². The minimum absolute atomic E-state index is 0.0933. The molecule has 3 rings (SSSR count). The number of aliphatic hydroxyl groups excluding tert-OH is 1. The van der Waals surface area contributed by atoms with Gasteiger partial charge in [-0.05, 0) is 34.8 Å². The second kappa shape index (κ2) is 6.54. The summed E-state index contributed by atoms with van der Waals surface area (Å²) in [5, 5.41) is 9.90. The molecule has 0 aliphatic carbocycles. The number of rotatable bonds is 2. The number of piperidine rings is 1. The van der Waals surface area contributed by atoms with E-state index in [2.05, 4.69) is 25.9 Å². The van der Waals surface area contributed by atoms with Gasteiger partial charge in [0.2, 0.25) is 0 Å². The van der Waals surface area contributed by atoms with E-state index >= 15 is 0 Å². The van der Waals surface area contributed by atoms with Crippen molar-refractivity contribution in [3.8, 4) is 0 Å². The van der Waals surface area contributed by atoms with Gasteiger partial charge in [0.25, 0.3) is 5.91 Å². The Morgan fingerprint density at radius 1 is 1.31 bits per heavy atom. The lowest BCUT2D eigenvalue weighted by molar-refractivity contribution is -0.141. The molecule has 1 saturated heterocycles. The molecular weight excluding hydrogens is 419 g/mol. The molecule has 0 bridgehead atoms. The second-order valence-corrected chi connectivity index (χ2v) is 6.79. The van der Waals surface area contributed by atoms with Crippen molar-refractivity contribution in [2.24, 2.45) is 5.73 Å². The molecule has 0 radical (unpaired) electrons. The number of hydrogen-bond donors (Lipinski definition) is 3. The van der Waals surface area contributed by atoms with Gasteiger partial charge in [0, 0.05) is 18.5 Å². The van der Waals surface area contributed by atoms with Crippen LogP contribution in [0.25, 0.3) is 11.0 Å². The number of amides is 1. The molecule has 0 unspecified atom stereocenters. The van der Waals surface area contributed by atoms with Crippen molar-refractivity contribution < 1.29 is 23.1 Å². The summed E-state index contributed by atoms with van der Waals surface area (Å²) in [6.07, 6.45) is -4.41. The van der Waals surface area contributed by atoms with Gasteiger partial charge in [0.05, 0.1) is 21.8 Å². The van der Waals surface area contributed by atoms with Crippen LogP contribution in [0.2, 0.25) is 0 Å². The highest BCUT2D eigenvalue weighted by Gasteiger charge is 2.38. The number of alkyl halides is 3. The largest absolute Gasteiger partial charge is 0.434 e. The number of anilines is 2. The van der Waals surface area contributed by atoms with Crippen LogP contribution in [0, 0.1) is 0 Å². The first kappa shape index (κ1) is 18.6. The van der Waals surface area contributed by atoms with Crippen molar-refractivity contribution in [1.29, 1.82) is 0 Å². The average Bonchev–Trinajstić information content (AvgIpc) is 2.54. The molecule has 1 fully saturated rings. The highest BCUT2D eigenvalue weighted by atomic mass is 79.9. The molecule has 0 saturated carbocycles. The number of nitrogens with two attached hydrogens (primary N) is 2. The summed E-state index contributed by atoms with van der Waals surface area (Å²) >= 11 is 3.01. The summed E-state index contributed by atoms with van der Waals surface area (Å²) in [7, 11) is 0. The molecule has 1 amide bonds. The molecule has 1 aliphatic rings. The van der Waals surface area contributed by atoms with Gasteiger partial charge in [0.1, 0.15) is 5.82 Å². The average molecular weight is 434 g/mol. The summed E-state index contributed by atoms with van der Waals surface area (Å²) in [6, 6.07) is 1.30. The monoisotopic (exact) mass is 433 g/mol. The highest BCUT2D eigenvalue weighted by molar-refractivity contribution is 9.10. The van der Waals surface area contributed by atoms with Gasteiger partial charge >= 0.3 is 6.18 Å². The van der Waals surface area contributed by atoms with E-state index in [4.69, 9.17) is 11.5 Å². The molecule has 2 aromatic heterocycles. The Balaban J connectivity index is 2.31. The first-order chi connectivity index (χ1) is 12.1. The van der Waals surface area contributed by atoms with Gasteiger partial charge in [0.15, 0.2) is 11.3 Å². The van der Waals surface area contributed by atoms with Crippen molar-refractivity contribution in [3.63, 3.8) is 0 Å². The van der Waals surface area contributed by atoms with Gasteiger partial charge in [-0.15, -0.1) is 0 Å². The van der Waals surface area contributed by atoms with E-state index in [1.807, 2.05) is 0 Å². The quantitative estimate of drug-likeness (QED) is 0.666. The number of carbonyl (C=O) groups is 1. The SMILES string of the molecule is NC(=O)c1cc2c(N3CCC(O)CC3)c(Br)c(C(F)(F)F)nc2nc1N. The van der Waals surface area contributed by atoms with Crippen molar-refractivity contribution >= 4 is 44.4 Å². The molecule has 0 spiro atoms. The van der Waals surface area contributed by atoms with E-state index in [1.54, 1.807) is 4.90 Å². The molecule has 1 aliphatic heterocycles. The molecule has 140 valence electrons. The molecule has 5 N–H and O–H groups in total. The standard InChI is InChI=1S/C15H15BrF3N5O2/c16-9-10(24-3-1-6(25)2-4-24)7-5-8(13(21)26)12(20)23-14(7)22-11(9)15(17,18)19/h5-6,25H,1-4H2,(H2,21,26)(H2,20,22,23). The Labute approximate surface area is 154 Å². The number of aliphatic hydroxyl groups is 1. The smallest absolute Gasteiger partial charge is 0.393 e. The fraction of sp³-hybridized carbons (Fsp3) is 0.400. The lowest BCUT2D eigenvalue weighted by Gasteiger charge is -2.33. The minimum atomic E-state index is -4.71. The van der Waals surface area contributed by atoms with E-state index < -0.39 is 23.9 Å². The second-order valence-electron chi connectivity index (χ2n) is 6.00. The molecule has 2 aromatic rings. The van der Waals surface area contributed by atoms with E-state index in [0.717, 1.165) is 0 Å². The Bertz CT molecular complexity index is 882. The van der Waals surface area contributed by atoms with Crippen LogP contribution in [0.5, 0.6) is 0 Å². The van der Waals surface area contributed by atoms with Gasteiger partial charge in [-0.3, -0.25) is 4.79 Å². The maximum atomic E-state index is 13.4. The third-order valence-electron chi connectivity index (χ3n) is 4.24. The number of aromatic nitrogens is 2. The maximum absolute atomic E-state index is 13.4. The van der Waals surface area contributed by atoms with E-state index in [-0.39, 0.29) is 32.6 Å². The zero-order chi connectivity index (χ0) is 19.2. The lowest BCUT2D eigenvalue weighted by Crippen LogP contribution is -2.36. The number of carbonyl (C=O) groups excluding carboxylic acids is 1. The topological polar surface area (TPSA) is 118 Å². The Hall–Kier alpha value is -2.14. The van der Waals surface area contributed by atoms with Crippen LogP contribution >= 0.6 is 15.9 Å². The molecule has 0 atom stereocenters. The van der Waals surface area contributed by atoms with Gasteiger partial charge in [-0.2, -0.15) is 13.2 Å². The molecule has 3 heterocycles. The summed E-state index contributed by atoms with van der Waals surface area (Å²) in [4.78, 5) is 20.7. The van der Waals surface area contributed by atoms with Crippen molar-refractivity contribution in [2.75, 3.05) is 23.7 Å². The predicted octanol–water partition coefficient (Wildman–Crippen LogP) is 2.05.